The highest BCUT2D eigenvalue weighted by atomic mass is 32.1. The molecule has 0 aliphatic carbocycles. The topological polar surface area (TPSA) is 65.5 Å². The molecule has 0 radical (unpaired) electrons. The Hall–Kier alpha value is -0.980. The number of carboxylic acid groups (broad SMARTS) is 1. The van der Waals surface area contributed by atoms with Crippen LogP contribution in [0.4, 0.5) is 0 Å². The van der Waals surface area contributed by atoms with Crippen LogP contribution in [0.3, 0.4) is 0 Å². The lowest BCUT2D eigenvalue weighted by Gasteiger charge is -2.26. The lowest BCUT2D eigenvalue weighted by molar-refractivity contribution is 0.0700. The van der Waals surface area contributed by atoms with Gasteiger partial charge in [-0.2, -0.15) is 0 Å². The SMILES string of the molecule is CCCc1nc(CCN2CCNCC2)sc1C(=O)O. The van der Waals surface area contributed by atoms with Gasteiger partial charge in [0.05, 0.1) is 10.7 Å². The standard InChI is InChI=1S/C13H21N3O2S/c1-2-3-10-12(13(17)18)19-11(15-10)4-7-16-8-5-14-6-9-16/h14H,2-9H2,1H3,(H,17,18). The van der Waals surface area contributed by atoms with Crippen LogP contribution < -0.4 is 5.32 Å². The molecule has 1 aliphatic heterocycles. The Morgan fingerprint density at radius 2 is 2.16 bits per heavy atom. The highest BCUT2D eigenvalue weighted by Gasteiger charge is 2.17. The van der Waals surface area contributed by atoms with Crippen molar-refractivity contribution in [3.63, 3.8) is 0 Å². The molecule has 0 aromatic carbocycles. The molecule has 2 N–H and O–H groups in total. The maximum Gasteiger partial charge on any atom is 0.347 e. The van der Waals surface area contributed by atoms with Gasteiger partial charge in [-0.3, -0.25) is 0 Å². The number of hydrogen-bond donors (Lipinski definition) is 2. The van der Waals surface area contributed by atoms with Gasteiger partial charge in [0.25, 0.3) is 0 Å². The third-order valence-corrected chi connectivity index (χ3v) is 4.42. The summed E-state index contributed by atoms with van der Waals surface area (Å²) in [4.78, 5) is 18.5. The predicted octanol–water partition coefficient (Wildman–Crippen LogP) is 1.24. The summed E-state index contributed by atoms with van der Waals surface area (Å²) in [7, 11) is 0. The summed E-state index contributed by atoms with van der Waals surface area (Å²) in [5.74, 6) is -0.839. The highest BCUT2D eigenvalue weighted by molar-refractivity contribution is 7.13. The van der Waals surface area contributed by atoms with Crippen molar-refractivity contribution in [1.29, 1.82) is 0 Å². The smallest absolute Gasteiger partial charge is 0.347 e. The summed E-state index contributed by atoms with van der Waals surface area (Å²) in [6.07, 6.45) is 2.54. The summed E-state index contributed by atoms with van der Waals surface area (Å²) in [5, 5.41) is 13.5. The van der Waals surface area contributed by atoms with Gasteiger partial charge in [-0.05, 0) is 6.42 Å². The maximum absolute atomic E-state index is 11.2. The first-order valence-electron chi connectivity index (χ1n) is 6.85. The first kappa shape index (κ1) is 14.4. The second-order valence-corrected chi connectivity index (χ2v) is 5.86. The van der Waals surface area contributed by atoms with Crippen LogP contribution in [0.5, 0.6) is 0 Å². The van der Waals surface area contributed by atoms with Gasteiger partial charge >= 0.3 is 5.97 Å². The molecule has 1 aliphatic rings. The number of carboxylic acids is 1. The van der Waals surface area contributed by atoms with E-state index >= 15 is 0 Å². The second-order valence-electron chi connectivity index (χ2n) is 4.78. The predicted molar refractivity (Wildman–Crippen MR) is 76.1 cm³/mol. The van der Waals surface area contributed by atoms with E-state index < -0.39 is 5.97 Å². The van der Waals surface area contributed by atoms with Crippen LogP contribution in [0.1, 0.15) is 33.7 Å². The fraction of sp³-hybridized carbons (Fsp3) is 0.692. The molecule has 1 aromatic rings. The fourth-order valence-electron chi connectivity index (χ4n) is 2.27. The van der Waals surface area contributed by atoms with E-state index in [1.165, 1.54) is 11.3 Å². The van der Waals surface area contributed by atoms with Crippen molar-refractivity contribution < 1.29 is 9.90 Å². The molecule has 2 rings (SSSR count). The molecule has 0 spiro atoms. The number of rotatable bonds is 6. The Morgan fingerprint density at radius 1 is 1.42 bits per heavy atom. The van der Waals surface area contributed by atoms with Crippen LogP contribution in [0, 0.1) is 0 Å². The quantitative estimate of drug-likeness (QED) is 0.822. The van der Waals surface area contributed by atoms with Crippen molar-refractivity contribution in [3.05, 3.63) is 15.6 Å². The number of thiazole rings is 1. The van der Waals surface area contributed by atoms with Crippen molar-refractivity contribution in [1.82, 2.24) is 15.2 Å². The molecular weight excluding hydrogens is 262 g/mol. The van der Waals surface area contributed by atoms with E-state index in [-0.39, 0.29) is 0 Å². The van der Waals surface area contributed by atoms with Gasteiger partial charge in [0.2, 0.25) is 0 Å². The maximum atomic E-state index is 11.2. The first-order chi connectivity index (χ1) is 9.20. The van der Waals surface area contributed by atoms with Crippen molar-refractivity contribution in [3.8, 4) is 0 Å². The summed E-state index contributed by atoms with van der Waals surface area (Å²) in [6, 6.07) is 0. The van der Waals surface area contributed by atoms with E-state index in [4.69, 9.17) is 0 Å². The van der Waals surface area contributed by atoms with Gasteiger partial charge in [-0.25, -0.2) is 9.78 Å². The van der Waals surface area contributed by atoms with Crippen LogP contribution in [0.25, 0.3) is 0 Å². The number of aryl methyl sites for hydroxylation is 1. The minimum absolute atomic E-state index is 0.428. The van der Waals surface area contributed by atoms with Crippen molar-refractivity contribution in [2.24, 2.45) is 0 Å². The molecule has 0 saturated carbocycles. The number of aromatic nitrogens is 1. The number of hydrogen-bond acceptors (Lipinski definition) is 5. The Labute approximate surface area is 117 Å². The molecule has 19 heavy (non-hydrogen) atoms. The molecule has 106 valence electrons. The van der Waals surface area contributed by atoms with E-state index in [1.54, 1.807) is 0 Å². The Bertz CT molecular complexity index is 428. The number of nitrogens with one attached hydrogen (secondary N) is 1. The third kappa shape index (κ3) is 3.99. The molecule has 5 nitrogen and oxygen atoms in total. The zero-order chi connectivity index (χ0) is 13.7. The molecule has 1 aromatic heterocycles. The van der Waals surface area contributed by atoms with Crippen LogP contribution >= 0.6 is 11.3 Å². The number of aromatic carboxylic acids is 1. The molecule has 0 amide bonds. The van der Waals surface area contributed by atoms with Crippen molar-refractivity contribution in [2.45, 2.75) is 26.2 Å². The average molecular weight is 283 g/mol. The average Bonchev–Trinajstić information content (AvgIpc) is 2.81. The van der Waals surface area contributed by atoms with Crippen LogP contribution in [-0.2, 0) is 12.8 Å². The Morgan fingerprint density at radius 3 is 2.79 bits per heavy atom. The molecule has 6 heteroatoms. The summed E-state index contributed by atoms with van der Waals surface area (Å²) >= 11 is 1.34. The highest BCUT2D eigenvalue weighted by Crippen LogP contribution is 2.20. The van der Waals surface area contributed by atoms with Gasteiger partial charge in [0, 0.05) is 39.1 Å². The monoisotopic (exact) mass is 283 g/mol. The Kier molecular flexibility index (Phi) is 5.30. The van der Waals surface area contributed by atoms with Gasteiger partial charge in [-0.15, -0.1) is 11.3 Å². The van der Waals surface area contributed by atoms with Crippen LogP contribution in [-0.4, -0.2) is 53.7 Å². The molecule has 1 fully saturated rings. The minimum atomic E-state index is -0.839. The number of piperazine rings is 1. The normalized spacial score (nSPS) is 16.7. The van der Waals surface area contributed by atoms with Gasteiger partial charge < -0.3 is 15.3 Å². The van der Waals surface area contributed by atoms with Crippen molar-refractivity contribution >= 4 is 17.3 Å². The van der Waals surface area contributed by atoms with Crippen molar-refractivity contribution in [2.75, 3.05) is 32.7 Å². The molecular formula is C13H21N3O2S. The lowest BCUT2D eigenvalue weighted by Crippen LogP contribution is -2.44. The number of nitrogens with zero attached hydrogens (tertiary/aromatic N) is 2. The number of carbonyl (C=O) groups is 1. The van der Waals surface area contributed by atoms with Crippen LogP contribution in [0.15, 0.2) is 0 Å². The van der Waals surface area contributed by atoms with E-state index in [0.717, 1.165) is 62.7 Å². The summed E-state index contributed by atoms with van der Waals surface area (Å²) in [5.41, 5.74) is 0.760. The lowest BCUT2D eigenvalue weighted by atomic mass is 10.2. The molecule has 0 bridgehead atoms. The third-order valence-electron chi connectivity index (χ3n) is 3.27. The van der Waals surface area contributed by atoms with Gasteiger partial charge in [-0.1, -0.05) is 13.3 Å². The van der Waals surface area contributed by atoms with E-state index in [1.807, 2.05) is 6.92 Å². The van der Waals surface area contributed by atoms with Gasteiger partial charge in [0.1, 0.15) is 4.88 Å². The van der Waals surface area contributed by atoms with E-state index in [2.05, 4.69) is 15.2 Å². The zero-order valence-corrected chi connectivity index (χ0v) is 12.1. The fourth-order valence-corrected chi connectivity index (χ4v) is 3.21. The molecule has 0 atom stereocenters. The summed E-state index contributed by atoms with van der Waals surface area (Å²) < 4.78 is 0. The van der Waals surface area contributed by atoms with E-state index in [0.29, 0.717) is 4.88 Å². The Balaban J connectivity index is 1.95. The molecule has 0 unspecified atom stereocenters. The summed E-state index contributed by atoms with van der Waals surface area (Å²) in [6.45, 7) is 7.24. The second kappa shape index (κ2) is 6.98. The van der Waals surface area contributed by atoms with E-state index in [9.17, 15) is 9.90 Å². The van der Waals surface area contributed by atoms with Gasteiger partial charge in [0.15, 0.2) is 0 Å². The first-order valence-corrected chi connectivity index (χ1v) is 7.67. The van der Waals surface area contributed by atoms with Crippen LogP contribution in [0.2, 0.25) is 0 Å². The minimum Gasteiger partial charge on any atom is -0.477 e. The zero-order valence-electron chi connectivity index (χ0n) is 11.3. The molecule has 1 saturated heterocycles. The largest absolute Gasteiger partial charge is 0.477 e. The molecule has 2 heterocycles.